The first-order chi connectivity index (χ1) is 25.7. The van der Waals surface area contributed by atoms with E-state index in [2.05, 4.69) is 163 Å². The number of benzene rings is 8. The number of nitrogens with zero attached hydrogens (tertiary/aromatic N) is 1. The standard InChI is InChI=1S/C48H29NOS2/c1-2-8-30(9-3-1)43-22-23-44(50-43)31-14-18-36(19-15-31)49(37-20-16-32-28-47-41(26-34(32)24-37)39-10-4-6-12-45(39)51-47)38-21-17-33-29-48-42(27-35(33)25-38)40-11-5-7-13-46(40)52-48/h1-29H. The van der Waals surface area contributed by atoms with E-state index in [-0.39, 0.29) is 0 Å². The van der Waals surface area contributed by atoms with Gasteiger partial charge in [0, 0.05) is 68.5 Å². The predicted octanol–water partition coefficient (Wildman–Crippen LogP) is 15.1. The van der Waals surface area contributed by atoms with Crippen molar-refractivity contribution in [2.24, 2.45) is 0 Å². The summed E-state index contributed by atoms with van der Waals surface area (Å²) in [5.41, 5.74) is 5.43. The van der Waals surface area contributed by atoms with Gasteiger partial charge in [0.1, 0.15) is 11.5 Å². The second-order valence-electron chi connectivity index (χ2n) is 13.4. The minimum absolute atomic E-state index is 0.854. The van der Waals surface area contributed by atoms with Crippen LogP contribution in [0.1, 0.15) is 0 Å². The summed E-state index contributed by atoms with van der Waals surface area (Å²) < 4.78 is 11.6. The molecule has 0 saturated carbocycles. The fraction of sp³-hybridized carbons (Fsp3) is 0. The van der Waals surface area contributed by atoms with E-state index in [9.17, 15) is 0 Å². The van der Waals surface area contributed by atoms with Crippen molar-refractivity contribution in [1.29, 1.82) is 0 Å². The number of hydrogen-bond donors (Lipinski definition) is 0. The molecule has 3 aromatic heterocycles. The topological polar surface area (TPSA) is 16.4 Å². The summed E-state index contributed by atoms with van der Waals surface area (Å²) in [6, 6.07) is 63.7. The Hall–Kier alpha value is -6.20. The summed E-state index contributed by atoms with van der Waals surface area (Å²) in [5.74, 6) is 1.72. The van der Waals surface area contributed by atoms with Crippen LogP contribution in [0, 0.1) is 0 Å². The third-order valence-electron chi connectivity index (χ3n) is 10.2. The molecule has 0 saturated heterocycles. The summed E-state index contributed by atoms with van der Waals surface area (Å²) in [7, 11) is 0. The van der Waals surface area contributed by atoms with Crippen molar-refractivity contribution >= 4 is 102 Å². The predicted molar refractivity (Wildman–Crippen MR) is 225 cm³/mol. The lowest BCUT2D eigenvalue weighted by molar-refractivity contribution is 0.597. The molecule has 0 aliphatic rings. The van der Waals surface area contributed by atoms with Crippen LogP contribution in [0.2, 0.25) is 0 Å². The van der Waals surface area contributed by atoms with Crippen molar-refractivity contribution in [3.05, 3.63) is 176 Å². The van der Waals surface area contributed by atoms with Crippen LogP contribution in [-0.2, 0) is 0 Å². The van der Waals surface area contributed by atoms with Gasteiger partial charge in [0.05, 0.1) is 0 Å². The molecule has 0 aliphatic heterocycles. The maximum atomic E-state index is 6.33. The number of furan rings is 1. The van der Waals surface area contributed by atoms with Crippen molar-refractivity contribution in [3.8, 4) is 22.6 Å². The number of hydrogen-bond acceptors (Lipinski definition) is 4. The average molecular weight is 700 g/mol. The van der Waals surface area contributed by atoms with Crippen molar-refractivity contribution < 1.29 is 4.42 Å². The van der Waals surface area contributed by atoms with Gasteiger partial charge in [-0.1, -0.05) is 78.9 Å². The molecule has 11 aromatic rings. The zero-order valence-electron chi connectivity index (χ0n) is 27.9. The molecule has 0 unspecified atom stereocenters. The molecule has 244 valence electrons. The van der Waals surface area contributed by atoms with Crippen LogP contribution in [-0.4, -0.2) is 0 Å². The molecule has 4 heteroatoms. The van der Waals surface area contributed by atoms with Gasteiger partial charge in [-0.25, -0.2) is 0 Å². The van der Waals surface area contributed by atoms with E-state index in [0.29, 0.717) is 0 Å². The first kappa shape index (κ1) is 29.5. The van der Waals surface area contributed by atoms with E-state index in [4.69, 9.17) is 4.42 Å². The van der Waals surface area contributed by atoms with Gasteiger partial charge < -0.3 is 9.32 Å². The zero-order chi connectivity index (χ0) is 34.2. The lowest BCUT2D eigenvalue weighted by Gasteiger charge is -2.26. The number of fused-ring (bicyclic) bond motifs is 8. The molecule has 2 nitrogen and oxygen atoms in total. The quantitative estimate of drug-likeness (QED) is 0.178. The SMILES string of the molecule is c1ccc(-c2ccc(-c3ccc(N(c4ccc5cc6sc7ccccc7c6cc5c4)c4ccc5cc6sc7ccccc7c6cc5c4)cc3)o2)cc1. The van der Waals surface area contributed by atoms with Crippen molar-refractivity contribution in [2.75, 3.05) is 4.90 Å². The summed E-state index contributed by atoms with van der Waals surface area (Å²) >= 11 is 3.73. The molecular formula is C48H29NOS2. The van der Waals surface area contributed by atoms with Crippen LogP contribution in [0.15, 0.2) is 180 Å². The summed E-state index contributed by atoms with van der Waals surface area (Å²) in [6.07, 6.45) is 0. The molecule has 3 heterocycles. The van der Waals surface area contributed by atoms with Crippen LogP contribution < -0.4 is 4.90 Å². The van der Waals surface area contributed by atoms with Crippen LogP contribution in [0.4, 0.5) is 17.1 Å². The minimum atomic E-state index is 0.854. The fourth-order valence-electron chi connectivity index (χ4n) is 7.66. The Labute approximate surface area is 308 Å². The summed E-state index contributed by atoms with van der Waals surface area (Å²) in [4.78, 5) is 2.38. The van der Waals surface area contributed by atoms with Gasteiger partial charge >= 0.3 is 0 Å². The zero-order valence-corrected chi connectivity index (χ0v) is 29.5. The summed E-state index contributed by atoms with van der Waals surface area (Å²) in [6.45, 7) is 0. The van der Waals surface area contributed by atoms with E-state index in [1.807, 2.05) is 40.9 Å². The minimum Gasteiger partial charge on any atom is -0.456 e. The Bertz CT molecular complexity index is 2980. The van der Waals surface area contributed by atoms with Gasteiger partial charge in [-0.3, -0.25) is 0 Å². The van der Waals surface area contributed by atoms with Gasteiger partial charge in [0.2, 0.25) is 0 Å². The highest BCUT2D eigenvalue weighted by molar-refractivity contribution is 7.26. The number of rotatable bonds is 5. The molecule has 0 aliphatic carbocycles. The molecule has 0 amide bonds. The molecular weight excluding hydrogens is 671 g/mol. The Kier molecular flexibility index (Phi) is 6.63. The molecule has 52 heavy (non-hydrogen) atoms. The maximum absolute atomic E-state index is 6.33. The van der Waals surface area contributed by atoms with Gasteiger partial charge in [-0.15, -0.1) is 22.7 Å². The van der Waals surface area contributed by atoms with E-state index >= 15 is 0 Å². The Morgan fingerprint density at radius 3 is 1.37 bits per heavy atom. The molecule has 11 rings (SSSR count). The first-order valence-electron chi connectivity index (χ1n) is 17.5. The monoisotopic (exact) mass is 699 g/mol. The van der Waals surface area contributed by atoms with Gasteiger partial charge in [0.15, 0.2) is 0 Å². The highest BCUT2D eigenvalue weighted by atomic mass is 32.1. The maximum Gasteiger partial charge on any atom is 0.134 e. The van der Waals surface area contributed by atoms with Gasteiger partial charge in [-0.05, 0) is 119 Å². The second-order valence-corrected chi connectivity index (χ2v) is 15.5. The highest BCUT2D eigenvalue weighted by Gasteiger charge is 2.17. The Morgan fingerprint density at radius 1 is 0.327 bits per heavy atom. The van der Waals surface area contributed by atoms with Crippen LogP contribution in [0.25, 0.3) is 84.5 Å². The van der Waals surface area contributed by atoms with Gasteiger partial charge in [-0.2, -0.15) is 0 Å². The van der Waals surface area contributed by atoms with Crippen LogP contribution >= 0.6 is 22.7 Å². The molecule has 0 radical (unpaired) electrons. The van der Waals surface area contributed by atoms with E-state index < -0.39 is 0 Å². The molecule has 0 spiro atoms. The molecule has 0 atom stereocenters. The fourth-order valence-corrected chi connectivity index (χ4v) is 9.93. The molecule has 0 bridgehead atoms. The number of anilines is 3. The van der Waals surface area contributed by atoms with Crippen LogP contribution in [0.5, 0.6) is 0 Å². The van der Waals surface area contributed by atoms with Crippen LogP contribution in [0.3, 0.4) is 0 Å². The number of thiophene rings is 2. The third kappa shape index (κ3) is 4.84. The molecule has 0 fully saturated rings. The molecule has 0 N–H and O–H groups in total. The Balaban J connectivity index is 1.06. The first-order valence-corrected chi connectivity index (χ1v) is 19.1. The van der Waals surface area contributed by atoms with Gasteiger partial charge in [0.25, 0.3) is 0 Å². The van der Waals surface area contributed by atoms with E-state index in [1.54, 1.807) is 0 Å². The third-order valence-corrected chi connectivity index (χ3v) is 12.5. The lowest BCUT2D eigenvalue weighted by atomic mass is 10.0. The van der Waals surface area contributed by atoms with Crippen molar-refractivity contribution in [2.45, 2.75) is 0 Å². The van der Waals surface area contributed by atoms with Crippen molar-refractivity contribution in [3.63, 3.8) is 0 Å². The average Bonchev–Trinajstić information content (AvgIpc) is 3.93. The summed E-state index contributed by atoms with van der Waals surface area (Å²) in [5, 5.41) is 10.2. The lowest BCUT2D eigenvalue weighted by Crippen LogP contribution is -2.09. The largest absolute Gasteiger partial charge is 0.456 e. The smallest absolute Gasteiger partial charge is 0.134 e. The van der Waals surface area contributed by atoms with E-state index in [0.717, 1.165) is 39.7 Å². The molecule has 8 aromatic carbocycles. The normalized spacial score (nSPS) is 11.8. The van der Waals surface area contributed by atoms with Crippen molar-refractivity contribution in [1.82, 2.24) is 0 Å². The second kappa shape index (κ2) is 11.7. The van der Waals surface area contributed by atoms with E-state index in [1.165, 1.54) is 61.9 Å². The highest BCUT2D eigenvalue weighted by Crippen LogP contribution is 2.43. The Morgan fingerprint density at radius 2 is 0.808 bits per heavy atom.